The predicted molar refractivity (Wildman–Crippen MR) is 14.8 cm³/mol. The maximum atomic E-state index is 8.81. The van der Waals surface area contributed by atoms with Crippen LogP contribution in [0.2, 0.25) is 0 Å². The quantitative estimate of drug-likeness (QED) is 0.486. The molecule has 0 rings (SSSR count). The minimum atomic E-state index is -1.27. The van der Waals surface area contributed by atoms with Crippen molar-refractivity contribution in [3.8, 4) is 0 Å². The van der Waals surface area contributed by atoms with Gasteiger partial charge in [0, 0.05) is 0 Å². The molecule has 0 aliphatic rings. The molecule has 36 valence electrons. The summed E-state index contributed by atoms with van der Waals surface area (Å²) in [7, 11) is 0. The van der Waals surface area contributed by atoms with E-state index in [1.54, 1.807) is 0 Å². The van der Waals surface area contributed by atoms with E-state index in [1.165, 1.54) is 0 Å². The van der Waals surface area contributed by atoms with Gasteiger partial charge in [-0.25, -0.2) is 0 Å². The van der Waals surface area contributed by atoms with Gasteiger partial charge in [0.2, 0.25) is 0 Å². The topological polar surface area (TPSA) is 37.3 Å². The molecule has 0 radical (unpaired) electrons. The van der Waals surface area contributed by atoms with E-state index in [-0.39, 0.29) is 7.43 Å². The summed E-state index contributed by atoms with van der Waals surface area (Å²) in [5.41, 5.74) is 0. The van der Waals surface area contributed by atoms with Crippen molar-refractivity contribution < 1.29 is 25.9 Å². The fourth-order valence-electron chi connectivity index (χ4n) is 0. The Morgan fingerprint density at radius 2 is 1.80 bits per heavy atom. The monoisotopic (exact) mass is 124 g/mol. The Balaban J connectivity index is 0. The Hall–Kier alpha value is -0.0105. The molecule has 0 bridgehead atoms. The van der Waals surface area contributed by atoms with E-state index in [2.05, 4.69) is 16.0 Å². The van der Waals surface area contributed by atoms with Crippen LogP contribution in [0.15, 0.2) is 0 Å². The van der Waals surface area contributed by atoms with E-state index in [0.717, 1.165) is 0 Å². The summed E-state index contributed by atoms with van der Waals surface area (Å²) >= 11 is 3.66. The summed E-state index contributed by atoms with van der Waals surface area (Å²) in [5, 5.41) is 7.22. The third-order valence-electron chi connectivity index (χ3n) is 0. The average molecular weight is 125 g/mol. The van der Waals surface area contributed by atoms with Crippen molar-refractivity contribution in [2.45, 2.75) is 7.43 Å². The zero-order valence-electron chi connectivity index (χ0n) is 1.66. The van der Waals surface area contributed by atoms with Crippen molar-refractivity contribution in [1.29, 1.82) is 0 Å². The van der Waals surface area contributed by atoms with Crippen LogP contribution in [0.25, 0.3) is 0 Å². The zero-order chi connectivity index (χ0) is 3.58. The Morgan fingerprint density at radius 1 is 1.80 bits per heavy atom. The molecule has 3 heteroatoms. The summed E-state index contributed by atoms with van der Waals surface area (Å²) in [6.07, 6.45) is 0. The van der Waals surface area contributed by atoms with Crippen LogP contribution in [0.5, 0.6) is 0 Å². The third-order valence-corrected chi connectivity index (χ3v) is 0. The Bertz CT molecular complexity index is 30.6. The van der Waals surface area contributed by atoms with E-state index in [4.69, 9.17) is 9.90 Å². The SMILES string of the molecule is C.O=[C](O)[Cu]. The Kier molecular flexibility index (Phi) is 7.09. The molecule has 2 nitrogen and oxygen atoms in total. The number of carboxylic acid groups (broad SMARTS) is 1. The van der Waals surface area contributed by atoms with Crippen molar-refractivity contribution >= 4 is 4.87 Å². The fraction of sp³-hybridized carbons (Fsp3) is 0.500. The summed E-state index contributed by atoms with van der Waals surface area (Å²) in [4.78, 5) is 7.53. The van der Waals surface area contributed by atoms with E-state index in [0.29, 0.717) is 0 Å². The normalized spacial score (nSPS) is 5.20. The molecule has 0 atom stereocenters. The second kappa shape index (κ2) is 3.99. The van der Waals surface area contributed by atoms with Crippen LogP contribution in [0.4, 0.5) is 4.79 Å². The predicted octanol–water partition coefficient (Wildman–Crippen LogP) is 0.847. The summed E-state index contributed by atoms with van der Waals surface area (Å²) < 4.78 is 0. The minimum absolute atomic E-state index is 0. The standard InChI is InChI=1S/CHO2.CH4.Cu/c2-1-3;;/h(H,2,3);1H4;. The maximum absolute atomic E-state index is 8.81. The van der Waals surface area contributed by atoms with Crippen molar-refractivity contribution in [3.05, 3.63) is 0 Å². The third kappa shape index (κ3) is 143000. The molecular formula is C2H5CuO2. The number of hydrogen-bond acceptors (Lipinski definition) is 1. The molecule has 1 N–H and O–H groups in total. The molecule has 0 amide bonds. The molecule has 0 saturated heterocycles. The van der Waals surface area contributed by atoms with Gasteiger partial charge in [0.15, 0.2) is 0 Å². The summed E-state index contributed by atoms with van der Waals surface area (Å²) in [6, 6.07) is 0. The molecule has 0 heterocycles. The molecule has 0 aliphatic carbocycles. The van der Waals surface area contributed by atoms with Crippen LogP contribution in [0, 0.1) is 0 Å². The van der Waals surface area contributed by atoms with Gasteiger partial charge in [0.1, 0.15) is 0 Å². The van der Waals surface area contributed by atoms with Gasteiger partial charge in [-0.15, -0.1) is 0 Å². The average Bonchev–Trinajstić information content (AvgIpc) is 0.811. The number of hydrogen-bond donors (Lipinski definition) is 1. The van der Waals surface area contributed by atoms with Crippen LogP contribution in [-0.4, -0.2) is 9.97 Å². The molecule has 5 heavy (non-hydrogen) atoms. The number of carbonyl (C=O) groups is 1. The Morgan fingerprint density at radius 3 is 1.80 bits per heavy atom. The molecular weight excluding hydrogens is 120 g/mol. The molecule has 0 aromatic carbocycles. The first kappa shape index (κ1) is 8.89. The van der Waals surface area contributed by atoms with Crippen LogP contribution in [0.1, 0.15) is 7.43 Å². The van der Waals surface area contributed by atoms with E-state index >= 15 is 0 Å². The first-order valence-corrected chi connectivity index (χ1v) is 1.05. The van der Waals surface area contributed by atoms with Gasteiger partial charge >= 0.3 is 30.8 Å². The van der Waals surface area contributed by atoms with Gasteiger partial charge < -0.3 is 0 Å². The molecule has 0 fully saturated rings. The van der Waals surface area contributed by atoms with Gasteiger partial charge in [0.25, 0.3) is 0 Å². The van der Waals surface area contributed by atoms with Crippen molar-refractivity contribution in [2.24, 2.45) is 0 Å². The van der Waals surface area contributed by atoms with Crippen LogP contribution in [0.3, 0.4) is 0 Å². The van der Waals surface area contributed by atoms with E-state index in [9.17, 15) is 0 Å². The molecule has 0 aromatic heterocycles. The summed E-state index contributed by atoms with van der Waals surface area (Å²) in [6.45, 7) is 0. The van der Waals surface area contributed by atoms with Gasteiger partial charge in [-0.1, -0.05) is 7.43 Å². The second-order valence-electron chi connectivity index (χ2n) is 0.220. The van der Waals surface area contributed by atoms with Gasteiger partial charge in [0.05, 0.1) is 0 Å². The van der Waals surface area contributed by atoms with Gasteiger partial charge in [-0.2, -0.15) is 0 Å². The fourth-order valence-corrected chi connectivity index (χ4v) is 0. The van der Waals surface area contributed by atoms with E-state index in [1.807, 2.05) is 0 Å². The molecule has 0 spiro atoms. The Labute approximate surface area is 39.0 Å². The zero-order valence-corrected chi connectivity index (χ0v) is 2.60. The van der Waals surface area contributed by atoms with Crippen LogP contribution >= 0.6 is 0 Å². The van der Waals surface area contributed by atoms with E-state index < -0.39 is 4.87 Å². The van der Waals surface area contributed by atoms with Crippen molar-refractivity contribution in [1.82, 2.24) is 0 Å². The summed E-state index contributed by atoms with van der Waals surface area (Å²) in [5.74, 6) is 0. The molecule has 0 aromatic rings. The van der Waals surface area contributed by atoms with Gasteiger partial charge in [-0.05, 0) is 0 Å². The van der Waals surface area contributed by atoms with Crippen LogP contribution in [-0.2, 0) is 16.0 Å². The van der Waals surface area contributed by atoms with Gasteiger partial charge in [-0.3, -0.25) is 0 Å². The molecule has 0 saturated carbocycles. The van der Waals surface area contributed by atoms with Crippen molar-refractivity contribution in [3.63, 3.8) is 0 Å². The van der Waals surface area contributed by atoms with Crippen LogP contribution < -0.4 is 0 Å². The first-order chi connectivity index (χ1) is 1.73. The van der Waals surface area contributed by atoms with Crippen molar-refractivity contribution in [2.75, 3.05) is 0 Å². The molecule has 0 unspecified atom stereocenters. The molecule has 0 aliphatic heterocycles. The first-order valence-electron chi connectivity index (χ1n) is 0.578. The number of rotatable bonds is 0. The second-order valence-corrected chi connectivity index (χ2v) is 0.623.